The number of phenolic OH excluding ortho intramolecular Hbond substituents is 1. The van der Waals surface area contributed by atoms with Gasteiger partial charge in [-0.2, -0.15) is 0 Å². The summed E-state index contributed by atoms with van der Waals surface area (Å²) in [5.41, 5.74) is 0. The molecule has 0 saturated heterocycles. The van der Waals surface area contributed by atoms with Gasteiger partial charge in [-0.15, -0.1) is 0 Å². The molecule has 0 fully saturated rings. The lowest BCUT2D eigenvalue weighted by atomic mass is 9.99. The van der Waals surface area contributed by atoms with Crippen LogP contribution in [-0.2, 0) is 0 Å². The minimum atomic E-state index is -0.439. The highest BCUT2D eigenvalue weighted by Gasteiger charge is 2.28. The standard InChI is InChI=1S/C14HCl9O2/c15-5-1-2-4(13(24)11(21)12(22)14(2)25-23)8(18)6(16)3(1)7(17)10(20)9(5)19/h24H. The molecule has 2 nitrogen and oxygen atoms in total. The van der Waals surface area contributed by atoms with Gasteiger partial charge in [-0.1, -0.05) is 92.8 Å². The van der Waals surface area contributed by atoms with E-state index < -0.39 is 5.75 Å². The van der Waals surface area contributed by atoms with Crippen LogP contribution >= 0.6 is 105 Å². The van der Waals surface area contributed by atoms with Crippen LogP contribution in [0.15, 0.2) is 0 Å². The highest BCUT2D eigenvalue weighted by molar-refractivity contribution is 6.60. The topological polar surface area (TPSA) is 29.5 Å². The molecule has 3 rings (SSSR count). The number of aromatic hydroxyl groups is 1. The van der Waals surface area contributed by atoms with Crippen molar-refractivity contribution in [1.82, 2.24) is 0 Å². The second-order valence-corrected chi connectivity index (χ2v) is 7.94. The smallest absolute Gasteiger partial charge is 0.175 e. The molecular weight excluding hydrogens is 519 g/mol. The number of benzene rings is 3. The van der Waals surface area contributed by atoms with Gasteiger partial charge in [0.1, 0.15) is 27.7 Å². The number of hydrogen-bond donors (Lipinski definition) is 1. The van der Waals surface area contributed by atoms with Crippen LogP contribution in [0.25, 0.3) is 21.5 Å². The third-order valence-electron chi connectivity index (χ3n) is 3.54. The van der Waals surface area contributed by atoms with E-state index in [0.717, 1.165) is 0 Å². The predicted molar refractivity (Wildman–Crippen MR) is 110 cm³/mol. The molecule has 3 aromatic rings. The van der Waals surface area contributed by atoms with Crippen molar-refractivity contribution >= 4 is 126 Å². The Hall–Kier alpha value is 0.390. The SMILES string of the molecule is Oc1c(Cl)c(Cl)c(OCl)c2c1c(Cl)c(Cl)c1c(Cl)c(Cl)c(Cl)c(Cl)c12. The molecule has 0 aliphatic rings. The van der Waals surface area contributed by atoms with E-state index in [9.17, 15) is 5.11 Å². The van der Waals surface area contributed by atoms with Crippen molar-refractivity contribution in [3.8, 4) is 11.5 Å². The van der Waals surface area contributed by atoms with Crippen LogP contribution in [0.2, 0.25) is 40.2 Å². The average molecular weight is 520 g/mol. The van der Waals surface area contributed by atoms with E-state index in [1.807, 2.05) is 0 Å². The maximum atomic E-state index is 10.4. The summed E-state index contributed by atoms with van der Waals surface area (Å²) in [5, 5.41) is 10.4. The van der Waals surface area contributed by atoms with Crippen LogP contribution in [-0.4, -0.2) is 5.11 Å². The fourth-order valence-corrected chi connectivity index (χ4v) is 4.72. The van der Waals surface area contributed by atoms with E-state index in [-0.39, 0.29) is 67.5 Å². The monoisotopic (exact) mass is 516 g/mol. The Morgan fingerprint density at radius 3 is 1.44 bits per heavy atom. The molecule has 0 saturated carbocycles. The van der Waals surface area contributed by atoms with Gasteiger partial charge in [-0.25, -0.2) is 0 Å². The highest BCUT2D eigenvalue weighted by Crippen LogP contribution is 2.57. The Kier molecular flexibility index (Phi) is 5.71. The minimum Gasteiger partial charge on any atom is -0.506 e. The summed E-state index contributed by atoms with van der Waals surface area (Å²) in [7, 11) is 0. The van der Waals surface area contributed by atoms with Gasteiger partial charge in [-0.05, 0) is 0 Å². The molecule has 0 heterocycles. The van der Waals surface area contributed by atoms with Gasteiger partial charge < -0.3 is 9.40 Å². The molecule has 0 atom stereocenters. The summed E-state index contributed by atoms with van der Waals surface area (Å²) in [5.74, 6) is -0.549. The van der Waals surface area contributed by atoms with E-state index in [0.29, 0.717) is 0 Å². The van der Waals surface area contributed by atoms with Crippen molar-refractivity contribution in [2.75, 3.05) is 0 Å². The first kappa shape index (κ1) is 20.1. The first-order valence-corrected chi connectivity index (χ1v) is 9.43. The Morgan fingerprint density at radius 1 is 0.480 bits per heavy atom. The first-order valence-electron chi connectivity index (χ1n) is 6.09. The lowest BCUT2D eigenvalue weighted by molar-refractivity contribution is 0.481. The molecule has 0 spiro atoms. The lowest BCUT2D eigenvalue weighted by Gasteiger charge is -2.18. The maximum absolute atomic E-state index is 10.4. The molecule has 3 aromatic carbocycles. The zero-order chi connectivity index (χ0) is 18.8. The number of phenols is 1. The minimum absolute atomic E-state index is 0.00551. The summed E-state index contributed by atoms with van der Waals surface area (Å²) in [6.45, 7) is 0. The fourth-order valence-electron chi connectivity index (χ4n) is 2.47. The highest BCUT2D eigenvalue weighted by atomic mass is 35.5. The van der Waals surface area contributed by atoms with Gasteiger partial charge in [-0.3, -0.25) is 0 Å². The number of rotatable bonds is 1. The molecule has 0 aliphatic heterocycles. The Bertz CT molecular complexity index is 1080. The molecule has 0 amide bonds. The van der Waals surface area contributed by atoms with Crippen LogP contribution in [0.3, 0.4) is 0 Å². The Balaban J connectivity index is 2.87. The van der Waals surface area contributed by atoms with E-state index in [2.05, 4.69) is 0 Å². The second kappa shape index (κ2) is 7.09. The van der Waals surface area contributed by atoms with E-state index in [1.165, 1.54) is 0 Å². The van der Waals surface area contributed by atoms with Gasteiger partial charge >= 0.3 is 0 Å². The van der Waals surface area contributed by atoms with Gasteiger partial charge in [0.2, 0.25) is 0 Å². The second-order valence-electron chi connectivity index (χ2n) is 4.77. The van der Waals surface area contributed by atoms with Crippen molar-refractivity contribution in [1.29, 1.82) is 0 Å². The largest absolute Gasteiger partial charge is 0.506 e. The molecule has 0 aliphatic carbocycles. The Morgan fingerprint density at radius 2 is 0.920 bits per heavy atom. The molecular formula is C14HCl9O2. The molecule has 0 unspecified atom stereocenters. The van der Waals surface area contributed by atoms with Crippen molar-refractivity contribution in [2.24, 2.45) is 0 Å². The van der Waals surface area contributed by atoms with E-state index >= 15 is 0 Å². The van der Waals surface area contributed by atoms with Crippen LogP contribution in [0.4, 0.5) is 0 Å². The van der Waals surface area contributed by atoms with Gasteiger partial charge in [0.25, 0.3) is 0 Å². The third-order valence-corrected chi connectivity index (χ3v) is 7.17. The normalized spacial score (nSPS) is 11.6. The Labute approximate surface area is 186 Å². The quantitative estimate of drug-likeness (QED) is 0.197. The average Bonchev–Trinajstić information content (AvgIpc) is 2.59. The molecule has 11 heteroatoms. The summed E-state index contributed by atoms with van der Waals surface area (Å²) in [4.78, 5) is 0. The van der Waals surface area contributed by atoms with Crippen molar-refractivity contribution < 1.29 is 9.40 Å². The summed E-state index contributed by atoms with van der Waals surface area (Å²) in [6.07, 6.45) is 0. The lowest BCUT2D eigenvalue weighted by Crippen LogP contribution is -1.92. The van der Waals surface area contributed by atoms with Crippen molar-refractivity contribution in [3.05, 3.63) is 40.2 Å². The molecule has 0 radical (unpaired) electrons. The van der Waals surface area contributed by atoms with Crippen molar-refractivity contribution in [2.45, 2.75) is 0 Å². The van der Waals surface area contributed by atoms with Crippen LogP contribution in [0, 0.1) is 0 Å². The fraction of sp³-hybridized carbons (Fsp3) is 0. The summed E-state index contributed by atoms with van der Waals surface area (Å²) < 4.78 is 4.83. The van der Waals surface area contributed by atoms with Gasteiger partial charge in [0, 0.05) is 21.5 Å². The number of hydrogen-bond acceptors (Lipinski definition) is 2. The van der Waals surface area contributed by atoms with Gasteiger partial charge in [0.15, 0.2) is 5.75 Å². The third kappa shape index (κ3) is 2.77. The van der Waals surface area contributed by atoms with Crippen molar-refractivity contribution in [3.63, 3.8) is 0 Å². The summed E-state index contributed by atoms with van der Waals surface area (Å²) in [6, 6.07) is 0. The molecule has 0 bridgehead atoms. The number of halogens is 9. The van der Waals surface area contributed by atoms with Crippen LogP contribution in [0.1, 0.15) is 0 Å². The molecule has 0 aromatic heterocycles. The zero-order valence-corrected chi connectivity index (χ0v) is 18.1. The summed E-state index contributed by atoms with van der Waals surface area (Å²) >= 11 is 55.2. The maximum Gasteiger partial charge on any atom is 0.175 e. The van der Waals surface area contributed by atoms with Crippen LogP contribution in [0.5, 0.6) is 11.5 Å². The predicted octanol–water partition coefficient (Wildman–Crippen LogP) is 9.46. The molecule has 132 valence electrons. The molecule has 25 heavy (non-hydrogen) atoms. The van der Waals surface area contributed by atoms with E-state index in [4.69, 9.17) is 109 Å². The van der Waals surface area contributed by atoms with Crippen LogP contribution < -0.4 is 4.29 Å². The molecule has 1 N–H and O–H groups in total. The van der Waals surface area contributed by atoms with E-state index in [1.54, 1.807) is 0 Å². The number of fused-ring (bicyclic) bond motifs is 3. The first-order chi connectivity index (χ1) is 11.6. The zero-order valence-electron chi connectivity index (χ0n) is 11.3. The van der Waals surface area contributed by atoms with Gasteiger partial charge in [0.05, 0.1) is 30.1 Å².